The highest BCUT2D eigenvalue weighted by molar-refractivity contribution is 7.80. The van der Waals surface area contributed by atoms with Crippen molar-refractivity contribution in [3.63, 3.8) is 0 Å². The van der Waals surface area contributed by atoms with E-state index in [0.29, 0.717) is 5.92 Å². The zero-order valence-corrected chi connectivity index (χ0v) is 8.66. The molecule has 0 bridgehead atoms. The molecule has 0 amide bonds. The lowest BCUT2D eigenvalue weighted by Gasteiger charge is -2.22. The Hall–Kier alpha value is -0.310. The minimum absolute atomic E-state index is 0.714. The Balaban J connectivity index is 3.67. The van der Waals surface area contributed by atoms with E-state index in [1.165, 1.54) is 6.42 Å². The van der Waals surface area contributed by atoms with Crippen LogP contribution < -0.4 is 5.32 Å². The highest BCUT2D eigenvalue weighted by atomic mass is 32.1. The van der Waals surface area contributed by atoms with Gasteiger partial charge in [-0.3, -0.25) is 0 Å². The highest BCUT2D eigenvalue weighted by Gasteiger charge is 2.05. The first-order valence-corrected chi connectivity index (χ1v) is 4.45. The fourth-order valence-electron chi connectivity index (χ4n) is 0.870. The molecule has 3 heteroatoms. The quantitative estimate of drug-likeness (QED) is 0.652. The van der Waals surface area contributed by atoms with Crippen LogP contribution in [0.1, 0.15) is 20.3 Å². The van der Waals surface area contributed by atoms with E-state index < -0.39 is 0 Å². The minimum atomic E-state index is 0.714. The molecule has 0 radical (unpaired) electrons. The Morgan fingerprint density at radius 2 is 2.18 bits per heavy atom. The van der Waals surface area contributed by atoms with Crippen LogP contribution in [0.15, 0.2) is 0 Å². The molecule has 0 aliphatic carbocycles. The Morgan fingerprint density at radius 3 is 2.55 bits per heavy atom. The van der Waals surface area contributed by atoms with Crippen LogP contribution in [0.3, 0.4) is 0 Å². The Kier molecular flexibility index (Phi) is 5.20. The number of hydrogen-bond acceptors (Lipinski definition) is 1. The van der Waals surface area contributed by atoms with Gasteiger partial charge in [-0.25, -0.2) is 0 Å². The Morgan fingerprint density at radius 1 is 1.64 bits per heavy atom. The lowest BCUT2D eigenvalue weighted by Crippen LogP contribution is -2.37. The van der Waals surface area contributed by atoms with Crippen molar-refractivity contribution in [3.8, 4) is 0 Å². The molecule has 0 saturated heterocycles. The van der Waals surface area contributed by atoms with Crippen LogP contribution in [0.25, 0.3) is 0 Å². The van der Waals surface area contributed by atoms with E-state index in [0.717, 1.165) is 11.7 Å². The lowest BCUT2D eigenvalue weighted by atomic mass is 10.1. The molecule has 1 atom stereocenters. The molecule has 0 rings (SSSR count). The van der Waals surface area contributed by atoms with Gasteiger partial charge in [-0.1, -0.05) is 20.3 Å². The molecule has 0 fully saturated rings. The summed E-state index contributed by atoms with van der Waals surface area (Å²) in [5.41, 5.74) is 0. The molecule has 0 spiro atoms. The average Bonchev–Trinajstić information content (AvgIpc) is 2.02. The van der Waals surface area contributed by atoms with Gasteiger partial charge in [-0.05, 0) is 18.1 Å². The van der Waals surface area contributed by atoms with Crippen molar-refractivity contribution in [1.29, 1.82) is 0 Å². The second-order valence-corrected chi connectivity index (χ2v) is 3.34. The molecule has 66 valence electrons. The average molecular weight is 174 g/mol. The predicted molar refractivity (Wildman–Crippen MR) is 53.7 cm³/mol. The van der Waals surface area contributed by atoms with E-state index in [-0.39, 0.29) is 0 Å². The summed E-state index contributed by atoms with van der Waals surface area (Å²) in [4.78, 5) is 2.07. The molecule has 0 heterocycles. The van der Waals surface area contributed by atoms with Crippen molar-refractivity contribution in [1.82, 2.24) is 10.2 Å². The monoisotopic (exact) mass is 174 g/mol. The standard InChI is InChI=1S/C8H18N2S/c1-5-7(2)6-10(4)8(11)9-3/h7H,5-6H2,1-4H3,(H,9,11). The van der Waals surface area contributed by atoms with Gasteiger partial charge in [0.15, 0.2) is 5.11 Å². The minimum Gasteiger partial charge on any atom is -0.366 e. The summed E-state index contributed by atoms with van der Waals surface area (Å²) in [5.74, 6) is 0.714. The van der Waals surface area contributed by atoms with Crippen LogP contribution >= 0.6 is 12.2 Å². The molecule has 0 aromatic heterocycles. The predicted octanol–water partition coefficient (Wildman–Crippen LogP) is 1.47. The fourth-order valence-corrected chi connectivity index (χ4v) is 0.945. The maximum Gasteiger partial charge on any atom is 0.168 e. The Bertz CT molecular complexity index is 125. The summed E-state index contributed by atoms with van der Waals surface area (Å²) in [6.45, 7) is 5.46. The summed E-state index contributed by atoms with van der Waals surface area (Å²) in [5, 5.41) is 3.78. The third-order valence-corrected chi connectivity index (χ3v) is 2.36. The van der Waals surface area contributed by atoms with Crippen molar-refractivity contribution < 1.29 is 0 Å². The maximum atomic E-state index is 5.06. The van der Waals surface area contributed by atoms with Crippen molar-refractivity contribution in [2.75, 3.05) is 20.6 Å². The summed E-state index contributed by atoms with van der Waals surface area (Å²) in [7, 11) is 3.88. The molecule has 0 aliphatic rings. The second-order valence-electron chi connectivity index (χ2n) is 2.95. The van der Waals surface area contributed by atoms with Gasteiger partial charge in [0.25, 0.3) is 0 Å². The zero-order valence-electron chi connectivity index (χ0n) is 7.85. The largest absolute Gasteiger partial charge is 0.366 e. The van der Waals surface area contributed by atoms with Crippen LogP contribution in [-0.4, -0.2) is 30.7 Å². The van der Waals surface area contributed by atoms with E-state index in [1.54, 1.807) is 0 Å². The maximum absolute atomic E-state index is 5.06. The molecular formula is C8H18N2S. The zero-order chi connectivity index (χ0) is 8.85. The molecule has 1 unspecified atom stereocenters. The molecule has 0 aromatic carbocycles. The van der Waals surface area contributed by atoms with Crippen molar-refractivity contribution >= 4 is 17.3 Å². The second kappa shape index (κ2) is 5.35. The van der Waals surface area contributed by atoms with E-state index in [9.17, 15) is 0 Å². The first-order valence-electron chi connectivity index (χ1n) is 4.04. The first-order chi connectivity index (χ1) is 5.11. The smallest absolute Gasteiger partial charge is 0.168 e. The molecule has 0 aromatic rings. The molecule has 0 saturated carbocycles. The SMILES string of the molecule is CCC(C)CN(C)C(=S)NC. The molecule has 0 aliphatic heterocycles. The summed E-state index contributed by atoms with van der Waals surface area (Å²) >= 11 is 5.06. The van der Waals surface area contributed by atoms with Crippen LogP contribution in [0.4, 0.5) is 0 Å². The van der Waals surface area contributed by atoms with Gasteiger partial charge in [-0.15, -0.1) is 0 Å². The van der Waals surface area contributed by atoms with E-state index in [4.69, 9.17) is 12.2 Å². The van der Waals surface area contributed by atoms with Gasteiger partial charge in [0.05, 0.1) is 0 Å². The van der Waals surface area contributed by atoms with Crippen LogP contribution in [0.5, 0.6) is 0 Å². The van der Waals surface area contributed by atoms with Crippen LogP contribution in [-0.2, 0) is 0 Å². The third kappa shape index (κ3) is 4.19. The van der Waals surface area contributed by atoms with E-state index in [1.807, 2.05) is 14.1 Å². The molecular weight excluding hydrogens is 156 g/mol. The third-order valence-electron chi connectivity index (χ3n) is 1.84. The van der Waals surface area contributed by atoms with E-state index in [2.05, 4.69) is 24.1 Å². The van der Waals surface area contributed by atoms with Gasteiger partial charge < -0.3 is 10.2 Å². The normalized spacial score (nSPS) is 12.4. The summed E-state index contributed by atoms with van der Waals surface area (Å²) in [6, 6.07) is 0. The number of thiocarbonyl (C=S) groups is 1. The number of nitrogens with zero attached hydrogens (tertiary/aromatic N) is 1. The van der Waals surface area contributed by atoms with E-state index >= 15 is 0 Å². The first kappa shape index (κ1) is 10.7. The lowest BCUT2D eigenvalue weighted by molar-refractivity contribution is 0.393. The molecule has 2 nitrogen and oxygen atoms in total. The van der Waals surface area contributed by atoms with Gasteiger partial charge >= 0.3 is 0 Å². The van der Waals surface area contributed by atoms with Crippen molar-refractivity contribution in [3.05, 3.63) is 0 Å². The molecule has 11 heavy (non-hydrogen) atoms. The van der Waals surface area contributed by atoms with Crippen LogP contribution in [0, 0.1) is 5.92 Å². The summed E-state index contributed by atoms with van der Waals surface area (Å²) < 4.78 is 0. The Labute approximate surface area is 75.0 Å². The summed E-state index contributed by atoms with van der Waals surface area (Å²) in [6.07, 6.45) is 1.21. The number of hydrogen-bond donors (Lipinski definition) is 1. The number of rotatable bonds is 3. The highest BCUT2D eigenvalue weighted by Crippen LogP contribution is 2.02. The van der Waals surface area contributed by atoms with Crippen molar-refractivity contribution in [2.24, 2.45) is 5.92 Å². The van der Waals surface area contributed by atoms with Gasteiger partial charge in [0.2, 0.25) is 0 Å². The molecule has 1 N–H and O–H groups in total. The van der Waals surface area contributed by atoms with Crippen LogP contribution in [0.2, 0.25) is 0 Å². The number of nitrogens with one attached hydrogen (secondary N) is 1. The topological polar surface area (TPSA) is 15.3 Å². The fraction of sp³-hybridized carbons (Fsp3) is 0.875. The van der Waals surface area contributed by atoms with Crippen molar-refractivity contribution in [2.45, 2.75) is 20.3 Å². The van der Waals surface area contributed by atoms with Gasteiger partial charge in [0.1, 0.15) is 0 Å². The van der Waals surface area contributed by atoms with Gasteiger partial charge in [-0.2, -0.15) is 0 Å². The van der Waals surface area contributed by atoms with Gasteiger partial charge in [0, 0.05) is 20.6 Å².